The molecule has 1 aromatic rings. The molecule has 0 aromatic heterocycles. The Balaban J connectivity index is 2.62. The number of ether oxygens (including phenoxy) is 1. The van der Waals surface area contributed by atoms with Gasteiger partial charge < -0.3 is 10.1 Å². The number of Topliss-reactive ketones (excluding diaryl/α,β-unsaturated/α-hetero) is 1. The number of alkyl carbamates (subject to hydrolysis) is 1. The molecule has 1 amide bonds. The molecule has 0 aliphatic heterocycles. The molecule has 1 atom stereocenters. The number of carbonyl (C=O) groups excluding carboxylic acids is 2. The van der Waals surface area contributed by atoms with Crippen molar-refractivity contribution < 1.29 is 14.3 Å². The van der Waals surface area contributed by atoms with Gasteiger partial charge in [0, 0.05) is 6.54 Å². The highest BCUT2D eigenvalue weighted by Crippen LogP contribution is 2.16. The molecule has 0 aliphatic rings. The van der Waals surface area contributed by atoms with Crippen molar-refractivity contribution in [1.29, 1.82) is 0 Å². The van der Waals surface area contributed by atoms with Crippen LogP contribution in [0.5, 0.6) is 0 Å². The molecule has 104 valence electrons. The van der Waals surface area contributed by atoms with Gasteiger partial charge >= 0.3 is 6.09 Å². The van der Waals surface area contributed by atoms with Crippen LogP contribution in [-0.4, -0.2) is 24.0 Å². The largest absolute Gasteiger partial charge is 0.444 e. The minimum Gasteiger partial charge on any atom is -0.444 e. The van der Waals surface area contributed by atoms with Gasteiger partial charge in [-0.05, 0) is 33.3 Å². The zero-order valence-corrected chi connectivity index (χ0v) is 11.9. The van der Waals surface area contributed by atoms with Gasteiger partial charge in [0.05, 0.1) is 5.92 Å². The van der Waals surface area contributed by atoms with Gasteiger partial charge in [0.2, 0.25) is 0 Å². The van der Waals surface area contributed by atoms with Crippen LogP contribution in [0.25, 0.3) is 0 Å². The van der Waals surface area contributed by atoms with E-state index in [-0.39, 0.29) is 18.2 Å². The first-order chi connectivity index (χ1) is 8.79. The Bertz CT molecular complexity index is 434. The van der Waals surface area contributed by atoms with Crippen LogP contribution in [0.1, 0.15) is 39.2 Å². The monoisotopic (exact) mass is 263 g/mol. The van der Waals surface area contributed by atoms with E-state index in [0.29, 0.717) is 0 Å². The Morgan fingerprint density at radius 2 is 1.79 bits per heavy atom. The second-order valence-corrected chi connectivity index (χ2v) is 5.46. The number of carbonyl (C=O) groups is 2. The number of hydrogen-bond acceptors (Lipinski definition) is 3. The van der Waals surface area contributed by atoms with Crippen molar-refractivity contribution in [3.63, 3.8) is 0 Å². The van der Waals surface area contributed by atoms with E-state index in [1.54, 1.807) is 20.8 Å². The Hall–Kier alpha value is -1.84. The van der Waals surface area contributed by atoms with Crippen molar-refractivity contribution in [2.75, 3.05) is 6.54 Å². The normalized spacial score (nSPS) is 12.6. The summed E-state index contributed by atoms with van der Waals surface area (Å²) in [5.74, 6) is -0.323. The number of rotatable bonds is 4. The summed E-state index contributed by atoms with van der Waals surface area (Å²) in [6.07, 6.45) is -0.505. The fourth-order valence-electron chi connectivity index (χ4n) is 1.68. The van der Waals surface area contributed by atoms with Crippen molar-refractivity contribution in [2.45, 2.75) is 39.2 Å². The zero-order valence-electron chi connectivity index (χ0n) is 11.9. The average Bonchev–Trinajstić information content (AvgIpc) is 2.27. The molecule has 0 saturated heterocycles. The topological polar surface area (TPSA) is 55.4 Å². The predicted octanol–water partition coefficient (Wildman–Crippen LogP) is 2.88. The number of ketones is 1. The standard InChI is InChI=1S/C15H21NO3/c1-11(17)13(12-8-6-5-7-9-12)10-16-14(18)19-15(2,3)4/h5-9,13H,10H2,1-4H3,(H,16,18). The van der Waals surface area contributed by atoms with Crippen LogP contribution in [0.3, 0.4) is 0 Å². The van der Waals surface area contributed by atoms with Gasteiger partial charge in [0.15, 0.2) is 0 Å². The second-order valence-electron chi connectivity index (χ2n) is 5.46. The first kappa shape index (κ1) is 15.2. The lowest BCUT2D eigenvalue weighted by Crippen LogP contribution is -2.36. The minimum atomic E-state index is -0.539. The zero-order chi connectivity index (χ0) is 14.5. The highest BCUT2D eigenvalue weighted by Gasteiger charge is 2.20. The molecule has 0 spiro atoms. The van der Waals surface area contributed by atoms with Gasteiger partial charge in [-0.3, -0.25) is 4.79 Å². The minimum absolute atomic E-state index is 0.0160. The summed E-state index contributed by atoms with van der Waals surface area (Å²) in [6, 6.07) is 9.39. The first-order valence-corrected chi connectivity index (χ1v) is 6.32. The van der Waals surface area contributed by atoms with E-state index >= 15 is 0 Å². The van der Waals surface area contributed by atoms with E-state index in [0.717, 1.165) is 5.56 Å². The van der Waals surface area contributed by atoms with Crippen molar-refractivity contribution in [3.8, 4) is 0 Å². The second kappa shape index (κ2) is 6.36. The Morgan fingerprint density at radius 3 is 2.26 bits per heavy atom. The molecule has 1 N–H and O–H groups in total. The summed E-state index contributed by atoms with van der Waals surface area (Å²) < 4.78 is 5.14. The fraction of sp³-hybridized carbons (Fsp3) is 0.467. The molecule has 0 bridgehead atoms. The van der Waals surface area contributed by atoms with Crippen molar-refractivity contribution in [2.24, 2.45) is 0 Å². The summed E-state index contributed by atoms with van der Waals surface area (Å²) in [5, 5.41) is 2.64. The third-order valence-electron chi connectivity index (χ3n) is 2.54. The van der Waals surface area contributed by atoms with Gasteiger partial charge in [-0.2, -0.15) is 0 Å². The van der Waals surface area contributed by atoms with Gasteiger partial charge in [-0.1, -0.05) is 30.3 Å². The van der Waals surface area contributed by atoms with Crippen LogP contribution in [-0.2, 0) is 9.53 Å². The van der Waals surface area contributed by atoms with Crippen molar-refractivity contribution >= 4 is 11.9 Å². The molecule has 4 heteroatoms. The SMILES string of the molecule is CC(=O)C(CNC(=O)OC(C)(C)C)c1ccccc1. The Labute approximate surface area is 114 Å². The van der Waals surface area contributed by atoms with Crippen molar-refractivity contribution in [3.05, 3.63) is 35.9 Å². The quantitative estimate of drug-likeness (QED) is 0.908. The highest BCUT2D eigenvalue weighted by molar-refractivity contribution is 5.84. The molecule has 0 aliphatic carbocycles. The summed E-state index contributed by atoms with van der Waals surface area (Å²) in [7, 11) is 0. The third kappa shape index (κ3) is 5.55. The molecule has 0 fully saturated rings. The molecule has 4 nitrogen and oxygen atoms in total. The van der Waals surface area contributed by atoms with Crippen LogP contribution < -0.4 is 5.32 Å². The van der Waals surface area contributed by atoms with Crippen LogP contribution in [0.4, 0.5) is 4.79 Å². The average molecular weight is 263 g/mol. The fourth-order valence-corrected chi connectivity index (χ4v) is 1.68. The highest BCUT2D eigenvalue weighted by atomic mass is 16.6. The summed E-state index contributed by atoms with van der Waals surface area (Å²) in [5.41, 5.74) is 0.355. The van der Waals surface area contributed by atoms with Gasteiger partial charge in [0.25, 0.3) is 0 Å². The number of hydrogen-bond donors (Lipinski definition) is 1. The van der Waals surface area contributed by atoms with Gasteiger partial charge in [-0.15, -0.1) is 0 Å². The maximum absolute atomic E-state index is 11.7. The molecular formula is C15H21NO3. The van der Waals surface area contributed by atoms with E-state index in [9.17, 15) is 9.59 Å². The Morgan fingerprint density at radius 1 is 1.21 bits per heavy atom. The molecule has 1 rings (SSSR count). The van der Waals surface area contributed by atoms with E-state index in [1.165, 1.54) is 6.92 Å². The molecule has 1 unspecified atom stereocenters. The number of amides is 1. The number of benzene rings is 1. The molecule has 0 radical (unpaired) electrons. The smallest absolute Gasteiger partial charge is 0.407 e. The summed E-state index contributed by atoms with van der Waals surface area (Å²) >= 11 is 0. The van der Waals surface area contributed by atoms with E-state index in [2.05, 4.69) is 5.32 Å². The van der Waals surface area contributed by atoms with E-state index in [1.807, 2.05) is 30.3 Å². The molecule has 1 aromatic carbocycles. The predicted molar refractivity (Wildman–Crippen MR) is 74.1 cm³/mol. The van der Waals surface area contributed by atoms with Crippen LogP contribution in [0, 0.1) is 0 Å². The molecule has 0 heterocycles. The summed E-state index contributed by atoms with van der Waals surface area (Å²) in [4.78, 5) is 23.2. The molecule has 0 saturated carbocycles. The maximum Gasteiger partial charge on any atom is 0.407 e. The third-order valence-corrected chi connectivity index (χ3v) is 2.54. The Kier molecular flexibility index (Phi) is 5.10. The lowest BCUT2D eigenvalue weighted by Gasteiger charge is -2.21. The number of nitrogens with one attached hydrogen (secondary N) is 1. The van der Waals surface area contributed by atoms with Crippen molar-refractivity contribution in [1.82, 2.24) is 5.32 Å². The summed E-state index contributed by atoms with van der Waals surface area (Å²) in [6.45, 7) is 7.16. The van der Waals surface area contributed by atoms with Crippen LogP contribution in [0.2, 0.25) is 0 Å². The van der Waals surface area contributed by atoms with Gasteiger partial charge in [0.1, 0.15) is 11.4 Å². The van der Waals surface area contributed by atoms with Crippen LogP contribution in [0.15, 0.2) is 30.3 Å². The first-order valence-electron chi connectivity index (χ1n) is 6.32. The van der Waals surface area contributed by atoms with E-state index in [4.69, 9.17) is 4.74 Å². The lowest BCUT2D eigenvalue weighted by atomic mass is 9.95. The van der Waals surface area contributed by atoms with Crippen LogP contribution >= 0.6 is 0 Å². The van der Waals surface area contributed by atoms with E-state index < -0.39 is 11.7 Å². The van der Waals surface area contributed by atoms with Gasteiger partial charge in [-0.25, -0.2) is 4.79 Å². The molecular weight excluding hydrogens is 242 g/mol. The maximum atomic E-state index is 11.7. The lowest BCUT2D eigenvalue weighted by molar-refractivity contribution is -0.118. The molecule has 19 heavy (non-hydrogen) atoms.